The van der Waals surface area contributed by atoms with E-state index < -0.39 is 0 Å². The van der Waals surface area contributed by atoms with Gasteiger partial charge in [0.05, 0.1) is 41.4 Å². The van der Waals surface area contributed by atoms with Crippen molar-refractivity contribution in [2.75, 3.05) is 0 Å². The topological polar surface area (TPSA) is 74.3 Å². The Hall–Kier alpha value is -4.39. The van der Waals surface area contributed by atoms with E-state index in [0.29, 0.717) is 18.4 Å². The molecule has 0 unspecified atom stereocenters. The lowest BCUT2D eigenvalue weighted by atomic mass is 9.99. The number of hydrogen-bond donors (Lipinski definition) is 0. The molecule has 0 spiro atoms. The van der Waals surface area contributed by atoms with Crippen molar-refractivity contribution in [3.8, 4) is 22.6 Å². The summed E-state index contributed by atoms with van der Waals surface area (Å²) >= 11 is 0. The Balaban J connectivity index is 1.35. The van der Waals surface area contributed by atoms with Crippen molar-refractivity contribution >= 4 is 21.8 Å². The molecule has 190 valence electrons. The summed E-state index contributed by atoms with van der Waals surface area (Å²) in [4.78, 5) is 14.3. The number of benzene rings is 2. The highest BCUT2D eigenvalue weighted by Gasteiger charge is 2.13. The molecule has 0 amide bonds. The summed E-state index contributed by atoms with van der Waals surface area (Å²) < 4.78 is 3.92. The number of aromatic nitrogens is 7. The molecule has 6 rings (SSSR count). The first kappa shape index (κ1) is 24.0. The van der Waals surface area contributed by atoms with Crippen molar-refractivity contribution in [1.29, 1.82) is 0 Å². The Morgan fingerprint density at radius 1 is 0.737 bits per heavy atom. The van der Waals surface area contributed by atoms with Gasteiger partial charge in [-0.25, -0.2) is 9.97 Å². The lowest BCUT2D eigenvalue weighted by molar-refractivity contribution is 0.694. The zero-order chi connectivity index (χ0) is 26.4. The maximum Gasteiger partial charge on any atom is 0.159 e. The quantitative estimate of drug-likeness (QED) is 0.253. The van der Waals surface area contributed by atoms with Crippen LogP contribution in [0.4, 0.5) is 0 Å². The van der Waals surface area contributed by atoms with Crippen molar-refractivity contribution in [3.63, 3.8) is 0 Å². The fraction of sp³-hybridized carbons (Fsp3) is 0.258. The van der Waals surface area contributed by atoms with Crippen molar-refractivity contribution in [1.82, 2.24) is 34.5 Å². The van der Waals surface area contributed by atoms with E-state index in [4.69, 9.17) is 15.1 Å². The van der Waals surface area contributed by atoms with Crippen LogP contribution in [0.15, 0.2) is 73.2 Å². The van der Waals surface area contributed by atoms with Gasteiger partial charge in [0.15, 0.2) is 5.82 Å². The second-order valence-corrected chi connectivity index (χ2v) is 10.5. The van der Waals surface area contributed by atoms with Crippen molar-refractivity contribution in [2.24, 2.45) is 7.05 Å². The number of rotatable bonds is 6. The van der Waals surface area contributed by atoms with Crippen LogP contribution in [0.1, 0.15) is 56.5 Å². The lowest BCUT2D eigenvalue weighted by Crippen LogP contribution is -2.06. The highest BCUT2D eigenvalue weighted by Crippen LogP contribution is 2.28. The van der Waals surface area contributed by atoms with E-state index in [0.717, 1.165) is 55.8 Å². The van der Waals surface area contributed by atoms with Crippen LogP contribution in [0, 0.1) is 0 Å². The third-order valence-corrected chi connectivity index (χ3v) is 7.09. The first-order valence-electron chi connectivity index (χ1n) is 13.1. The Labute approximate surface area is 222 Å². The van der Waals surface area contributed by atoms with Gasteiger partial charge in [0, 0.05) is 40.8 Å². The van der Waals surface area contributed by atoms with Gasteiger partial charge in [0.2, 0.25) is 0 Å². The molecule has 0 N–H and O–H groups in total. The highest BCUT2D eigenvalue weighted by atomic mass is 15.3. The van der Waals surface area contributed by atoms with Gasteiger partial charge < -0.3 is 0 Å². The largest absolute Gasteiger partial charge is 0.268 e. The van der Waals surface area contributed by atoms with Gasteiger partial charge in [-0.1, -0.05) is 39.8 Å². The van der Waals surface area contributed by atoms with Crippen LogP contribution in [0.2, 0.25) is 0 Å². The molecule has 0 aliphatic rings. The Bertz CT molecular complexity index is 1770. The van der Waals surface area contributed by atoms with Gasteiger partial charge in [0.25, 0.3) is 0 Å². The fourth-order valence-electron chi connectivity index (χ4n) is 4.82. The van der Waals surface area contributed by atoms with E-state index in [1.807, 2.05) is 41.1 Å². The van der Waals surface area contributed by atoms with Crippen LogP contribution in [0.25, 0.3) is 44.5 Å². The van der Waals surface area contributed by atoms with Gasteiger partial charge in [-0.05, 0) is 59.9 Å². The Kier molecular flexibility index (Phi) is 5.98. The molecule has 0 bridgehead atoms. The third kappa shape index (κ3) is 4.45. The van der Waals surface area contributed by atoms with E-state index in [1.165, 1.54) is 5.56 Å². The molecule has 0 atom stereocenters. The third-order valence-electron chi connectivity index (χ3n) is 7.09. The van der Waals surface area contributed by atoms with Crippen LogP contribution in [0.3, 0.4) is 0 Å². The van der Waals surface area contributed by atoms with E-state index in [1.54, 1.807) is 0 Å². The second-order valence-electron chi connectivity index (χ2n) is 10.5. The lowest BCUT2D eigenvalue weighted by Gasteiger charge is -2.13. The van der Waals surface area contributed by atoms with Crippen LogP contribution in [0.5, 0.6) is 0 Å². The monoisotopic (exact) mass is 501 g/mol. The Morgan fingerprint density at radius 3 is 2.37 bits per heavy atom. The van der Waals surface area contributed by atoms with E-state index in [-0.39, 0.29) is 0 Å². The predicted molar refractivity (Wildman–Crippen MR) is 152 cm³/mol. The van der Waals surface area contributed by atoms with Crippen LogP contribution in [-0.4, -0.2) is 34.5 Å². The molecular formula is C31H31N7. The van der Waals surface area contributed by atoms with Gasteiger partial charge in [-0.15, -0.1) is 0 Å². The summed E-state index contributed by atoms with van der Waals surface area (Å²) in [6.45, 7) is 9.31. The molecule has 0 aliphatic carbocycles. The average molecular weight is 502 g/mol. The first-order valence-corrected chi connectivity index (χ1v) is 13.1. The summed E-state index contributed by atoms with van der Waals surface area (Å²) in [6, 6.07) is 19.1. The predicted octanol–water partition coefficient (Wildman–Crippen LogP) is 6.74. The van der Waals surface area contributed by atoms with E-state index in [9.17, 15) is 0 Å². The van der Waals surface area contributed by atoms with Gasteiger partial charge >= 0.3 is 0 Å². The second kappa shape index (κ2) is 9.49. The van der Waals surface area contributed by atoms with Crippen LogP contribution < -0.4 is 0 Å². The van der Waals surface area contributed by atoms with Crippen LogP contribution in [-0.2, 0) is 13.6 Å². The zero-order valence-corrected chi connectivity index (χ0v) is 22.4. The van der Waals surface area contributed by atoms with Crippen molar-refractivity contribution in [3.05, 3.63) is 90.1 Å². The summed E-state index contributed by atoms with van der Waals surface area (Å²) in [5.74, 6) is 1.48. The van der Waals surface area contributed by atoms with Crippen molar-refractivity contribution < 1.29 is 0 Å². The molecule has 0 saturated heterocycles. The fourth-order valence-corrected chi connectivity index (χ4v) is 4.82. The molecule has 7 heteroatoms. The smallest absolute Gasteiger partial charge is 0.159 e. The number of fused-ring (bicyclic) bond motifs is 2. The molecule has 6 aromatic rings. The van der Waals surface area contributed by atoms with Gasteiger partial charge in [-0.3, -0.25) is 14.3 Å². The highest BCUT2D eigenvalue weighted by molar-refractivity contribution is 5.84. The summed E-state index contributed by atoms with van der Waals surface area (Å²) in [7, 11) is 1.97. The van der Waals surface area contributed by atoms with Gasteiger partial charge in [0.1, 0.15) is 0 Å². The molecule has 0 aliphatic heterocycles. The molecule has 0 radical (unpaired) electrons. The summed E-state index contributed by atoms with van der Waals surface area (Å²) in [5.41, 5.74) is 8.49. The van der Waals surface area contributed by atoms with Crippen molar-refractivity contribution in [2.45, 2.75) is 46.1 Å². The molecular weight excluding hydrogens is 470 g/mol. The SMILES string of the molecule is CC(C)c1cc(Cn2ncc3cc(-c4nccc(C(C)C)n4)ccc32)nc(-c2ccc3cnn(C)c3c2)c1. The van der Waals surface area contributed by atoms with E-state index >= 15 is 0 Å². The molecule has 0 saturated carbocycles. The average Bonchev–Trinajstić information content (AvgIpc) is 3.50. The minimum Gasteiger partial charge on any atom is -0.268 e. The maximum absolute atomic E-state index is 5.07. The molecule has 2 aromatic carbocycles. The van der Waals surface area contributed by atoms with Crippen LogP contribution >= 0.6 is 0 Å². The normalized spacial score (nSPS) is 11.9. The number of nitrogens with zero attached hydrogens (tertiary/aromatic N) is 7. The molecule has 38 heavy (non-hydrogen) atoms. The number of aryl methyl sites for hydroxylation is 1. The molecule has 7 nitrogen and oxygen atoms in total. The minimum absolute atomic E-state index is 0.355. The molecule has 4 aromatic heterocycles. The summed E-state index contributed by atoms with van der Waals surface area (Å²) in [6.07, 6.45) is 5.64. The summed E-state index contributed by atoms with van der Waals surface area (Å²) in [5, 5.41) is 11.3. The first-order chi connectivity index (χ1) is 18.4. The maximum atomic E-state index is 5.07. The molecule has 4 heterocycles. The molecule has 0 fully saturated rings. The number of hydrogen-bond acceptors (Lipinski definition) is 5. The minimum atomic E-state index is 0.355. The standard InChI is InChI=1S/C31H31N7/c1-19(2)24-13-26(35-28(14-24)21-6-7-23-16-33-37(5)30(23)15-21)18-38-29-9-8-22(12-25(29)17-34-38)31-32-11-10-27(36-31)20(3)4/h6-17,19-20H,18H2,1-5H3. The number of pyridine rings is 1. The Morgan fingerprint density at radius 2 is 1.55 bits per heavy atom. The van der Waals surface area contributed by atoms with E-state index in [2.05, 4.69) is 86.3 Å². The van der Waals surface area contributed by atoms with Gasteiger partial charge in [-0.2, -0.15) is 10.2 Å². The zero-order valence-electron chi connectivity index (χ0n) is 22.4.